The van der Waals surface area contributed by atoms with Gasteiger partial charge < -0.3 is 18.9 Å². The third-order valence-electron chi connectivity index (χ3n) is 3.69. The first kappa shape index (κ1) is 15.4. The zero-order valence-electron chi connectivity index (χ0n) is 13.4. The summed E-state index contributed by atoms with van der Waals surface area (Å²) in [5.41, 5.74) is 3.52. The van der Waals surface area contributed by atoms with Gasteiger partial charge in [-0.25, -0.2) is 0 Å². The molecule has 0 aliphatic carbocycles. The Balaban J connectivity index is 1.81. The van der Waals surface area contributed by atoms with E-state index in [9.17, 15) is 0 Å². The van der Waals surface area contributed by atoms with E-state index < -0.39 is 0 Å². The fourth-order valence-corrected chi connectivity index (χ4v) is 2.47. The molecule has 4 nitrogen and oxygen atoms in total. The highest BCUT2D eigenvalue weighted by Gasteiger charge is 2.14. The van der Waals surface area contributed by atoms with Gasteiger partial charge in [-0.2, -0.15) is 0 Å². The van der Waals surface area contributed by atoms with E-state index in [2.05, 4.69) is 19.1 Å². The molecule has 1 aliphatic heterocycles. The summed E-state index contributed by atoms with van der Waals surface area (Å²) in [5, 5.41) is 0. The molecule has 1 aliphatic rings. The predicted molar refractivity (Wildman–Crippen MR) is 89.7 cm³/mol. The summed E-state index contributed by atoms with van der Waals surface area (Å²) >= 11 is 0. The molecule has 0 bridgehead atoms. The minimum atomic E-state index is 0.257. The maximum absolute atomic E-state index is 5.46. The molecule has 0 N–H and O–H groups in total. The van der Waals surface area contributed by atoms with Crippen molar-refractivity contribution in [1.82, 2.24) is 0 Å². The van der Waals surface area contributed by atoms with Crippen LogP contribution >= 0.6 is 0 Å². The van der Waals surface area contributed by atoms with Crippen LogP contribution in [0.15, 0.2) is 42.5 Å². The molecule has 2 aromatic rings. The topological polar surface area (TPSA) is 36.9 Å². The summed E-state index contributed by atoms with van der Waals surface area (Å²) in [6.45, 7) is 2.70. The van der Waals surface area contributed by atoms with Gasteiger partial charge in [0.1, 0.15) is 5.75 Å². The molecule has 23 heavy (non-hydrogen) atoms. The molecule has 2 aromatic carbocycles. The number of methoxy groups -OCH3 is 1. The molecule has 0 saturated heterocycles. The largest absolute Gasteiger partial charge is 0.468 e. The Morgan fingerprint density at radius 3 is 2.61 bits per heavy atom. The summed E-state index contributed by atoms with van der Waals surface area (Å²) < 4.78 is 21.1. The molecule has 1 heterocycles. The minimum Gasteiger partial charge on any atom is -0.468 e. The van der Waals surface area contributed by atoms with Gasteiger partial charge in [0.05, 0.1) is 0 Å². The van der Waals surface area contributed by atoms with Gasteiger partial charge in [0.25, 0.3) is 0 Å². The van der Waals surface area contributed by atoms with Gasteiger partial charge in [-0.3, -0.25) is 0 Å². The summed E-state index contributed by atoms with van der Waals surface area (Å²) in [6.07, 6.45) is 3.11. The van der Waals surface area contributed by atoms with Gasteiger partial charge in [0, 0.05) is 7.11 Å². The van der Waals surface area contributed by atoms with Crippen LogP contribution in [0.4, 0.5) is 0 Å². The van der Waals surface area contributed by atoms with E-state index in [4.69, 9.17) is 18.9 Å². The van der Waals surface area contributed by atoms with Gasteiger partial charge in [-0.15, -0.1) is 0 Å². The molecular weight excluding hydrogens is 292 g/mol. The summed E-state index contributed by atoms with van der Waals surface area (Å²) in [6, 6.07) is 14.0. The second kappa shape index (κ2) is 7.20. The zero-order valence-corrected chi connectivity index (χ0v) is 13.4. The number of hydrogen-bond donors (Lipinski definition) is 0. The lowest BCUT2D eigenvalue weighted by Gasteiger charge is -2.08. The highest BCUT2D eigenvalue weighted by Crippen LogP contribution is 2.35. The molecule has 0 spiro atoms. The molecule has 0 atom stereocenters. The Kier molecular flexibility index (Phi) is 4.83. The number of fused-ring (bicyclic) bond motifs is 1. The number of ether oxygens (including phenoxy) is 4. The highest BCUT2D eigenvalue weighted by molar-refractivity contribution is 5.82. The van der Waals surface area contributed by atoms with Gasteiger partial charge in [-0.05, 0) is 47.4 Å². The van der Waals surface area contributed by atoms with Crippen LogP contribution in [0, 0.1) is 0 Å². The number of allylic oxidation sites excluding steroid dienone is 1. The minimum absolute atomic E-state index is 0.257. The van der Waals surface area contributed by atoms with Crippen LogP contribution in [0.25, 0.3) is 11.6 Å². The molecule has 0 radical (unpaired) electrons. The molecule has 120 valence electrons. The molecule has 0 aromatic heterocycles. The first-order valence-electron chi connectivity index (χ1n) is 7.62. The average Bonchev–Trinajstić information content (AvgIpc) is 3.06. The van der Waals surface area contributed by atoms with E-state index in [0.29, 0.717) is 6.79 Å². The second-order valence-corrected chi connectivity index (χ2v) is 5.21. The monoisotopic (exact) mass is 312 g/mol. The molecule has 0 unspecified atom stereocenters. The van der Waals surface area contributed by atoms with E-state index in [0.717, 1.165) is 34.8 Å². The molecule has 0 saturated carbocycles. The predicted octanol–water partition coefficient (Wildman–Crippen LogP) is 4.35. The number of hydrogen-bond acceptors (Lipinski definition) is 4. The van der Waals surface area contributed by atoms with Crippen molar-refractivity contribution in [3.8, 4) is 17.2 Å². The fraction of sp³-hybridized carbons (Fsp3) is 0.263. The van der Waals surface area contributed by atoms with Crippen LogP contribution in [0.1, 0.15) is 24.5 Å². The average molecular weight is 312 g/mol. The fourth-order valence-electron chi connectivity index (χ4n) is 2.47. The Bertz CT molecular complexity index is 689. The van der Waals surface area contributed by atoms with Crippen molar-refractivity contribution >= 4 is 11.6 Å². The Hall–Kier alpha value is -2.46. The van der Waals surface area contributed by atoms with E-state index >= 15 is 0 Å². The van der Waals surface area contributed by atoms with Crippen molar-refractivity contribution in [2.45, 2.75) is 13.3 Å². The standard InChI is InChI=1S/C19H20O4/c1-3-15(16-6-9-18-19(11-16)23-13-22-18)10-14-4-7-17(8-5-14)21-12-20-2/h4-11H,3,12-13H2,1-2H3/b15-10-. The first-order valence-corrected chi connectivity index (χ1v) is 7.62. The van der Waals surface area contributed by atoms with Crippen LogP contribution in [0.5, 0.6) is 17.2 Å². The highest BCUT2D eigenvalue weighted by atomic mass is 16.7. The molecule has 0 amide bonds. The molecule has 0 fully saturated rings. The van der Waals surface area contributed by atoms with E-state index in [1.165, 1.54) is 5.57 Å². The summed E-state index contributed by atoms with van der Waals surface area (Å²) in [4.78, 5) is 0. The Morgan fingerprint density at radius 1 is 1.09 bits per heavy atom. The molecule has 4 heteroatoms. The lowest BCUT2D eigenvalue weighted by atomic mass is 10.00. The summed E-state index contributed by atoms with van der Waals surface area (Å²) in [5.74, 6) is 2.42. The second-order valence-electron chi connectivity index (χ2n) is 5.21. The zero-order chi connectivity index (χ0) is 16.1. The number of rotatable bonds is 6. The smallest absolute Gasteiger partial charge is 0.231 e. The first-order chi connectivity index (χ1) is 11.3. The van der Waals surface area contributed by atoms with Crippen LogP contribution in [-0.4, -0.2) is 20.7 Å². The third kappa shape index (κ3) is 3.66. The van der Waals surface area contributed by atoms with Crippen molar-refractivity contribution in [1.29, 1.82) is 0 Å². The maximum atomic E-state index is 5.46. The van der Waals surface area contributed by atoms with E-state index in [1.54, 1.807) is 7.11 Å². The third-order valence-corrected chi connectivity index (χ3v) is 3.69. The molecule has 3 rings (SSSR count). The SMILES string of the molecule is CC/C(=C/c1ccc(OCOC)cc1)c1ccc2c(c1)OCO2. The summed E-state index contributed by atoms with van der Waals surface area (Å²) in [7, 11) is 1.61. The van der Waals surface area contributed by atoms with Gasteiger partial charge >= 0.3 is 0 Å². The van der Waals surface area contributed by atoms with Crippen molar-refractivity contribution in [3.05, 3.63) is 53.6 Å². The lowest BCUT2D eigenvalue weighted by molar-refractivity contribution is 0.0511. The van der Waals surface area contributed by atoms with Crippen LogP contribution < -0.4 is 14.2 Å². The van der Waals surface area contributed by atoms with E-state index in [1.807, 2.05) is 36.4 Å². The van der Waals surface area contributed by atoms with Crippen LogP contribution in [-0.2, 0) is 4.74 Å². The lowest BCUT2D eigenvalue weighted by Crippen LogP contribution is -1.98. The van der Waals surface area contributed by atoms with Crippen LogP contribution in [0.2, 0.25) is 0 Å². The van der Waals surface area contributed by atoms with Crippen molar-refractivity contribution in [2.75, 3.05) is 20.7 Å². The van der Waals surface area contributed by atoms with Gasteiger partial charge in [0.15, 0.2) is 18.3 Å². The van der Waals surface area contributed by atoms with Crippen LogP contribution in [0.3, 0.4) is 0 Å². The van der Waals surface area contributed by atoms with Crippen molar-refractivity contribution in [2.24, 2.45) is 0 Å². The maximum Gasteiger partial charge on any atom is 0.231 e. The quantitative estimate of drug-likeness (QED) is 0.587. The Labute approximate surface area is 136 Å². The van der Waals surface area contributed by atoms with Crippen molar-refractivity contribution < 1.29 is 18.9 Å². The van der Waals surface area contributed by atoms with Gasteiger partial charge in [-0.1, -0.05) is 31.2 Å². The van der Waals surface area contributed by atoms with E-state index in [-0.39, 0.29) is 6.79 Å². The number of benzene rings is 2. The van der Waals surface area contributed by atoms with Crippen molar-refractivity contribution in [3.63, 3.8) is 0 Å². The normalized spacial score (nSPS) is 13.2. The van der Waals surface area contributed by atoms with Gasteiger partial charge in [0.2, 0.25) is 6.79 Å². The Morgan fingerprint density at radius 2 is 1.87 bits per heavy atom. The molecular formula is C19H20O4.